The second-order valence-electron chi connectivity index (χ2n) is 2.94. The van der Waals surface area contributed by atoms with Gasteiger partial charge in [-0.15, -0.1) is 0 Å². The SMILES string of the molecule is O=C(NCCOCC(F)(F)F)c1ccoc1. The predicted octanol–water partition coefficient (Wildman–Crippen LogP) is 1.59. The normalized spacial score (nSPS) is 11.4. The summed E-state index contributed by atoms with van der Waals surface area (Å²) in [7, 11) is 0. The monoisotopic (exact) mass is 237 g/mol. The van der Waals surface area contributed by atoms with Gasteiger partial charge in [0.2, 0.25) is 0 Å². The lowest BCUT2D eigenvalue weighted by atomic mass is 10.3. The molecular formula is C9H10F3NO3. The molecule has 0 saturated heterocycles. The summed E-state index contributed by atoms with van der Waals surface area (Å²) >= 11 is 0. The maximum absolute atomic E-state index is 11.6. The summed E-state index contributed by atoms with van der Waals surface area (Å²) < 4.78 is 43.9. The second-order valence-corrected chi connectivity index (χ2v) is 2.94. The quantitative estimate of drug-likeness (QED) is 0.791. The Morgan fingerprint density at radius 2 is 2.25 bits per heavy atom. The van der Waals surface area contributed by atoms with Crippen LogP contribution in [0, 0.1) is 0 Å². The third-order valence-corrected chi connectivity index (χ3v) is 1.58. The van der Waals surface area contributed by atoms with Crippen molar-refractivity contribution in [3.63, 3.8) is 0 Å². The number of ether oxygens (including phenoxy) is 1. The van der Waals surface area contributed by atoms with Crippen molar-refractivity contribution in [1.82, 2.24) is 5.32 Å². The highest BCUT2D eigenvalue weighted by Gasteiger charge is 2.27. The zero-order valence-electron chi connectivity index (χ0n) is 8.21. The standard InChI is InChI=1S/C9H10F3NO3/c10-9(11,12)6-16-4-2-13-8(14)7-1-3-15-5-7/h1,3,5H,2,4,6H2,(H,13,14). The molecule has 0 radical (unpaired) electrons. The number of nitrogens with one attached hydrogen (secondary N) is 1. The van der Waals surface area contributed by atoms with Gasteiger partial charge < -0.3 is 14.5 Å². The van der Waals surface area contributed by atoms with Crippen molar-refractivity contribution in [2.75, 3.05) is 19.8 Å². The average Bonchev–Trinajstić information content (AvgIpc) is 2.67. The lowest BCUT2D eigenvalue weighted by Crippen LogP contribution is -2.28. The first-order valence-electron chi connectivity index (χ1n) is 4.44. The van der Waals surface area contributed by atoms with E-state index < -0.39 is 18.7 Å². The van der Waals surface area contributed by atoms with Gasteiger partial charge in [-0.25, -0.2) is 0 Å². The van der Waals surface area contributed by atoms with Crippen LogP contribution in [-0.2, 0) is 4.74 Å². The van der Waals surface area contributed by atoms with Crippen molar-refractivity contribution in [1.29, 1.82) is 0 Å². The van der Waals surface area contributed by atoms with E-state index in [-0.39, 0.29) is 13.2 Å². The van der Waals surface area contributed by atoms with Crippen LogP contribution in [0.25, 0.3) is 0 Å². The van der Waals surface area contributed by atoms with E-state index in [1.54, 1.807) is 0 Å². The number of rotatable bonds is 5. The maximum atomic E-state index is 11.6. The van der Waals surface area contributed by atoms with Crippen LogP contribution in [0.4, 0.5) is 13.2 Å². The molecule has 1 rings (SSSR count). The first kappa shape index (κ1) is 12.6. The van der Waals surface area contributed by atoms with Gasteiger partial charge >= 0.3 is 6.18 Å². The van der Waals surface area contributed by atoms with Gasteiger partial charge in [0.1, 0.15) is 12.9 Å². The van der Waals surface area contributed by atoms with E-state index in [4.69, 9.17) is 0 Å². The first-order valence-corrected chi connectivity index (χ1v) is 4.44. The fourth-order valence-electron chi connectivity index (χ4n) is 0.920. The Morgan fingerprint density at radius 1 is 1.50 bits per heavy atom. The Bertz CT molecular complexity index is 321. The van der Waals surface area contributed by atoms with Gasteiger partial charge in [0.05, 0.1) is 18.4 Å². The van der Waals surface area contributed by atoms with Gasteiger partial charge in [0.15, 0.2) is 0 Å². The van der Waals surface area contributed by atoms with Crippen LogP contribution in [0.15, 0.2) is 23.0 Å². The zero-order valence-corrected chi connectivity index (χ0v) is 8.21. The number of halogens is 3. The van der Waals surface area contributed by atoms with Gasteiger partial charge in [-0.1, -0.05) is 0 Å². The molecule has 1 amide bonds. The smallest absolute Gasteiger partial charge is 0.411 e. The Hall–Kier alpha value is -1.50. The molecule has 0 saturated carbocycles. The molecule has 4 nitrogen and oxygen atoms in total. The molecule has 1 aromatic rings. The summed E-state index contributed by atoms with van der Waals surface area (Å²) in [6, 6.07) is 1.45. The van der Waals surface area contributed by atoms with E-state index in [1.165, 1.54) is 18.6 Å². The molecule has 0 aromatic carbocycles. The van der Waals surface area contributed by atoms with Crippen molar-refractivity contribution >= 4 is 5.91 Å². The lowest BCUT2D eigenvalue weighted by Gasteiger charge is -2.07. The molecule has 1 heterocycles. The molecule has 0 bridgehead atoms. The van der Waals surface area contributed by atoms with Crippen LogP contribution < -0.4 is 5.32 Å². The summed E-state index contributed by atoms with van der Waals surface area (Å²) in [5.74, 6) is -0.413. The minimum absolute atomic E-state index is 0.0140. The minimum Gasteiger partial charge on any atom is -0.472 e. The molecule has 1 N–H and O–H groups in total. The highest BCUT2D eigenvalue weighted by atomic mass is 19.4. The van der Waals surface area contributed by atoms with E-state index in [1.807, 2.05) is 0 Å². The molecule has 7 heteroatoms. The maximum Gasteiger partial charge on any atom is 0.411 e. The molecule has 16 heavy (non-hydrogen) atoms. The van der Waals surface area contributed by atoms with Crippen molar-refractivity contribution in [2.45, 2.75) is 6.18 Å². The molecular weight excluding hydrogens is 227 g/mol. The number of amides is 1. The number of alkyl halides is 3. The number of carbonyl (C=O) groups is 1. The van der Waals surface area contributed by atoms with Gasteiger partial charge in [-0.05, 0) is 6.07 Å². The molecule has 0 aliphatic rings. The number of carbonyl (C=O) groups excluding carboxylic acids is 1. The molecule has 1 aromatic heterocycles. The Morgan fingerprint density at radius 3 is 2.81 bits per heavy atom. The van der Waals surface area contributed by atoms with Gasteiger partial charge in [0, 0.05) is 6.54 Å². The molecule has 0 unspecified atom stereocenters. The summed E-state index contributed by atoms with van der Waals surface area (Å²) in [6.45, 7) is -1.49. The fraction of sp³-hybridized carbons (Fsp3) is 0.444. The molecule has 0 fully saturated rings. The summed E-state index contributed by atoms with van der Waals surface area (Å²) in [5, 5.41) is 2.38. The third-order valence-electron chi connectivity index (χ3n) is 1.58. The average molecular weight is 237 g/mol. The number of furan rings is 1. The topological polar surface area (TPSA) is 51.5 Å². The van der Waals surface area contributed by atoms with E-state index in [0.29, 0.717) is 5.56 Å². The van der Waals surface area contributed by atoms with E-state index in [2.05, 4.69) is 14.5 Å². The van der Waals surface area contributed by atoms with Gasteiger partial charge in [0.25, 0.3) is 5.91 Å². The van der Waals surface area contributed by atoms with Crippen LogP contribution in [0.2, 0.25) is 0 Å². The summed E-state index contributed by atoms with van der Waals surface area (Å²) in [6.07, 6.45) is -1.77. The largest absolute Gasteiger partial charge is 0.472 e. The van der Waals surface area contributed by atoms with Gasteiger partial charge in [-0.3, -0.25) is 4.79 Å². The predicted molar refractivity (Wildman–Crippen MR) is 47.9 cm³/mol. The summed E-state index contributed by atoms with van der Waals surface area (Å²) in [4.78, 5) is 11.2. The number of hydrogen-bond donors (Lipinski definition) is 1. The molecule has 0 atom stereocenters. The van der Waals surface area contributed by atoms with E-state index >= 15 is 0 Å². The Labute approximate surface area is 89.4 Å². The number of hydrogen-bond acceptors (Lipinski definition) is 3. The summed E-state index contributed by atoms with van der Waals surface area (Å²) in [5.41, 5.74) is 0.316. The Balaban J connectivity index is 2.10. The van der Waals surface area contributed by atoms with Crippen LogP contribution in [0.5, 0.6) is 0 Å². The fourth-order valence-corrected chi connectivity index (χ4v) is 0.920. The van der Waals surface area contributed by atoms with Gasteiger partial charge in [-0.2, -0.15) is 13.2 Å². The van der Waals surface area contributed by atoms with Crippen molar-refractivity contribution in [3.05, 3.63) is 24.2 Å². The van der Waals surface area contributed by atoms with Crippen LogP contribution in [-0.4, -0.2) is 31.8 Å². The van der Waals surface area contributed by atoms with E-state index in [9.17, 15) is 18.0 Å². The van der Waals surface area contributed by atoms with Crippen LogP contribution in [0.1, 0.15) is 10.4 Å². The van der Waals surface area contributed by atoms with Crippen LogP contribution in [0.3, 0.4) is 0 Å². The molecule has 90 valence electrons. The van der Waals surface area contributed by atoms with Crippen molar-refractivity contribution in [3.8, 4) is 0 Å². The third kappa shape index (κ3) is 4.83. The second kappa shape index (κ2) is 5.55. The van der Waals surface area contributed by atoms with Crippen LogP contribution >= 0.6 is 0 Å². The van der Waals surface area contributed by atoms with Crippen molar-refractivity contribution < 1.29 is 27.1 Å². The zero-order chi connectivity index (χ0) is 12.0. The highest BCUT2D eigenvalue weighted by Crippen LogP contribution is 2.13. The molecule has 0 spiro atoms. The molecule has 0 aliphatic heterocycles. The minimum atomic E-state index is -4.34. The van der Waals surface area contributed by atoms with Crippen molar-refractivity contribution in [2.24, 2.45) is 0 Å². The lowest BCUT2D eigenvalue weighted by molar-refractivity contribution is -0.173. The highest BCUT2D eigenvalue weighted by molar-refractivity contribution is 5.93. The molecule has 0 aliphatic carbocycles. The Kier molecular flexibility index (Phi) is 4.36. The first-order chi connectivity index (χ1) is 7.49. The van der Waals surface area contributed by atoms with E-state index in [0.717, 1.165) is 0 Å².